The molecular weight excluding hydrogens is 186 g/mol. The maximum atomic E-state index is 8.81. The van der Waals surface area contributed by atoms with Gasteiger partial charge in [-0.2, -0.15) is 0 Å². The molecule has 0 aromatic carbocycles. The van der Waals surface area contributed by atoms with Crippen molar-refractivity contribution in [3.63, 3.8) is 0 Å². The first-order valence-electron chi connectivity index (χ1n) is 5.39. The fourth-order valence-electron chi connectivity index (χ4n) is 1.37. The molecule has 0 saturated heterocycles. The van der Waals surface area contributed by atoms with Crippen LogP contribution in [0.3, 0.4) is 0 Å². The van der Waals surface area contributed by atoms with Gasteiger partial charge < -0.3 is 10.1 Å². The number of H-pyrrole nitrogens is 1. The fraction of sp³-hybridized carbons (Fsp3) is 0.385. The highest BCUT2D eigenvalue weighted by Gasteiger charge is 2.04. The summed E-state index contributed by atoms with van der Waals surface area (Å²) in [7, 11) is 0. The van der Waals surface area contributed by atoms with Crippen molar-refractivity contribution in [3.8, 4) is 0 Å². The lowest BCUT2D eigenvalue weighted by atomic mass is 10.1. The van der Waals surface area contributed by atoms with Gasteiger partial charge in [0.15, 0.2) is 0 Å². The highest BCUT2D eigenvalue weighted by Crippen LogP contribution is 2.17. The van der Waals surface area contributed by atoms with Crippen molar-refractivity contribution in [2.24, 2.45) is 0 Å². The van der Waals surface area contributed by atoms with E-state index in [1.54, 1.807) is 0 Å². The number of aliphatic hydroxyl groups excluding tert-OH is 1. The van der Waals surface area contributed by atoms with Crippen molar-refractivity contribution in [2.45, 2.75) is 27.2 Å². The van der Waals surface area contributed by atoms with E-state index in [1.165, 1.54) is 0 Å². The van der Waals surface area contributed by atoms with Gasteiger partial charge in [0.2, 0.25) is 0 Å². The fourth-order valence-corrected chi connectivity index (χ4v) is 1.37. The van der Waals surface area contributed by atoms with E-state index >= 15 is 0 Å². The highest BCUT2D eigenvalue weighted by molar-refractivity contribution is 5.64. The van der Waals surface area contributed by atoms with Crippen LogP contribution < -0.4 is 0 Å². The minimum absolute atomic E-state index is 0.175. The third kappa shape index (κ3) is 3.76. The van der Waals surface area contributed by atoms with Crippen LogP contribution in [0.5, 0.6) is 0 Å². The summed E-state index contributed by atoms with van der Waals surface area (Å²) in [6, 6.07) is 0. The smallest absolute Gasteiger partial charge is 0.0472 e. The SMILES string of the molecule is C=Cc1c(CCO)c[nH]c1/C=C\C.CC. The molecule has 1 heterocycles. The molecule has 0 amide bonds. The topological polar surface area (TPSA) is 36.0 Å². The molecule has 0 aliphatic heterocycles. The number of aromatic amines is 1. The minimum atomic E-state index is 0.175. The van der Waals surface area contributed by atoms with Crippen molar-refractivity contribution in [2.75, 3.05) is 6.61 Å². The number of hydrogen-bond acceptors (Lipinski definition) is 1. The predicted molar refractivity (Wildman–Crippen MR) is 67.7 cm³/mol. The Hall–Kier alpha value is -1.28. The lowest BCUT2D eigenvalue weighted by molar-refractivity contribution is 0.299. The second-order valence-electron chi connectivity index (χ2n) is 2.82. The number of allylic oxidation sites excluding steroid dienone is 1. The lowest BCUT2D eigenvalue weighted by Crippen LogP contribution is -1.90. The zero-order valence-electron chi connectivity index (χ0n) is 9.88. The van der Waals surface area contributed by atoms with Crippen molar-refractivity contribution < 1.29 is 5.11 Å². The number of aliphatic hydroxyl groups is 1. The second kappa shape index (κ2) is 8.06. The summed E-state index contributed by atoms with van der Waals surface area (Å²) in [5, 5.41) is 8.81. The average Bonchev–Trinajstić information content (AvgIpc) is 2.65. The standard InChI is InChI=1S/C11H15NO.C2H6/c1-3-5-11-10(4-2)9(6-7-13)8-12-11;1-2/h3-5,8,12-13H,2,6-7H2,1H3;1-2H3/b5-3-;. The highest BCUT2D eigenvalue weighted by atomic mass is 16.2. The van der Waals surface area contributed by atoms with Gasteiger partial charge in [-0.25, -0.2) is 0 Å². The maximum Gasteiger partial charge on any atom is 0.0472 e. The van der Waals surface area contributed by atoms with Crippen LogP contribution in [-0.4, -0.2) is 16.7 Å². The van der Waals surface area contributed by atoms with Gasteiger partial charge in [0.05, 0.1) is 0 Å². The van der Waals surface area contributed by atoms with Crippen LogP contribution in [0, 0.1) is 0 Å². The van der Waals surface area contributed by atoms with Crippen LogP contribution in [0.1, 0.15) is 37.6 Å². The summed E-state index contributed by atoms with van der Waals surface area (Å²) in [6.45, 7) is 9.90. The third-order valence-electron chi connectivity index (χ3n) is 1.96. The zero-order chi connectivity index (χ0) is 11.7. The van der Waals surface area contributed by atoms with Crippen LogP contribution >= 0.6 is 0 Å². The Morgan fingerprint density at radius 2 is 2.13 bits per heavy atom. The predicted octanol–water partition coefficient (Wildman–Crippen LogP) is 3.25. The molecule has 1 aromatic rings. The molecule has 0 unspecified atom stereocenters. The van der Waals surface area contributed by atoms with E-state index in [9.17, 15) is 0 Å². The van der Waals surface area contributed by atoms with Gasteiger partial charge >= 0.3 is 0 Å². The molecule has 2 nitrogen and oxygen atoms in total. The third-order valence-corrected chi connectivity index (χ3v) is 1.96. The summed E-state index contributed by atoms with van der Waals surface area (Å²) in [5.74, 6) is 0. The molecule has 1 rings (SSSR count). The Labute approximate surface area is 92.3 Å². The molecule has 0 radical (unpaired) electrons. The van der Waals surface area contributed by atoms with E-state index in [1.807, 2.05) is 45.2 Å². The Morgan fingerprint density at radius 3 is 2.60 bits per heavy atom. The normalized spacial score (nSPS) is 9.87. The van der Waals surface area contributed by atoms with Crippen molar-refractivity contribution >= 4 is 12.2 Å². The Balaban J connectivity index is 0.000000921. The number of hydrogen-bond donors (Lipinski definition) is 2. The van der Waals surface area contributed by atoms with Gasteiger partial charge in [0.25, 0.3) is 0 Å². The monoisotopic (exact) mass is 207 g/mol. The van der Waals surface area contributed by atoms with E-state index in [-0.39, 0.29) is 6.61 Å². The van der Waals surface area contributed by atoms with Gasteiger partial charge in [0.1, 0.15) is 0 Å². The van der Waals surface area contributed by atoms with Crippen LogP contribution in [-0.2, 0) is 6.42 Å². The average molecular weight is 207 g/mol. The largest absolute Gasteiger partial charge is 0.396 e. The summed E-state index contributed by atoms with van der Waals surface area (Å²) in [6.07, 6.45) is 8.38. The number of nitrogens with one attached hydrogen (secondary N) is 1. The van der Waals surface area contributed by atoms with E-state index in [2.05, 4.69) is 11.6 Å². The molecule has 0 saturated carbocycles. The molecular formula is C13H21NO. The van der Waals surface area contributed by atoms with Crippen LogP contribution in [0.25, 0.3) is 12.2 Å². The molecule has 0 fully saturated rings. The Morgan fingerprint density at radius 1 is 1.47 bits per heavy atom. The lowest BCUT2D eigenvalue weighted by Gasteiger charge is -1.96. The molecule has 15 heavy (non-hydrogen) atoms. The molecule has 2 heteroatoms. The molecule has 0 atom stereocenters. The molecule has 0 spiro atoms. The molecule has 0 aliphatic carbocycles. The van der Waals surface area contributed by atoms with E-state index in [0.29, 0.717) is 6.42 Å². The van der Waals surface area contributed by atoms with Crippen molar-refractivity contribution in [3.05, 3.63) is 35.7 Å². The summed E-state index contributed by atoms with van der Waals surface area (Å²) in [5.41, 5.74) is 3.26. The van der Waals surface area contributed by atoms with Gasteiger partial charge in [-0.15, -0.1) is 0 Å². The molecule has 84 valence electrons. The van der Waals surface area contributed by atoms with Gasteiger partial charge in [-0.1, -0.05) is 32.6 Å². The quantitative estimate of drug-likeness (QED) is 0.781. The number of rotatable bonds is 4. The van der Waals surface area contributed by atoms with E-state index in [0.717, 1.165) is 16.8 Å². The number of aromatic nitrogens is 1. The second-order valence-corrected chi connectivity index (χ2v) is 2.82. The van der Waals surface area contributed by atoms with E-state index in [4.69, 9.17) is 5.11 Å². The summed E-state index contributed by atoms with van der Waals surface area (Å²) in [4.78, 5) is 3.14. The first-order chi connectivity index (χ1) is 7.33. The maximum absolute atomic E-state index is 8.81. The van der Waals surface area contributed by atoms with Gasteiger partial charge in [0, 0.05) is 24.1 Å². The van der Waals surface area contributed by atoms with Crippen molar-refractivity contribution in [1.29, 1.82) is 0 Å². The summed E-state index contributed by atoms with van der Waals surface area (Å²) >= 11 is 0. The molecule has 2 N–H and O–H groups in total. The first-order valence-corrected chi connectivity index (χ1v) is 5.39. The first kappa shape index (κ1) is 13.7. The molecule has 0 bridgehead atoms. The Kier molecular flexibility index (Phi) is 7.38. The van der Waals surface area contributed by atoms with Crippen LogP contribution in [0.15, 0.2) is 18.9 Å². The zero-order valence-corrected chi connectivity index (χ0v) is 9.88. The van der Waals surface area contributed by atoms with Crippen LogP contribution in [0.4, 0.5) is 0 Å². The van der Waals surface area contributed by atoms with Gasteiger partial charge in [-0.05, 0) is 25.0 Å². The van der Waals surface area contributed by atoms with Gasteiger partial charge in [-0.3, -0.25) is 0 Å². The molecule has 0 aliphatic rings. The summed E-state index contributed by atoms with van der Waals surface area (Å²) < 4.78 is 0. The Bertz CT molecular complexity index is 310. The van der Waals surface area contributed by atoms with Crippen LogP contribution in [0.2, 0.25) is 0 Å². The van der Waals surface area contributed by atoms with Crippen molar-refractivity contribution in [1.82, 2.24) is 4.98 Å². The van der Waals surface area contributed by atoms with E-state index < -0.39 is 0 Å². The molecule has 1 aromatic heterocycles. The minimum Gasteiger partial charge on any atom is -0.396 e.